The van der Waals surface area contributed by atoms with E-state index in [9.17, 15) is 0 Å². The summed E-state index contributed by atoms with van der Waals surface area (Å²) in [6, 6.07) is 110. The van der Waals surface area contributed by atoms with Gasteiger partial charge in [0.15, 0.2) is 0 Å². The number of rotatable bonds is 12. The second-order valence-corrected chi connectivity index (χ2v) is 20.3. The maximum Gasteiger partial charge on any atom is 0.0462 e. The number of nitrogens with zero attached hydrogens (tertiary/aromatic N) is 2. The molecule has 13 aromatic carbocycles. The van der Waals surface area contributed by atoms with Crippen LogP contribution in [0.25, 0.3) is 88.3 Å². The van der Waals surface area contributed by atoms with Gasteiger partial charge in [0, 0.05) is 34.1 Å². The summed E-state index contributed by atoms with van der Waals surface area (Å²) < 4.78 is 0. The highest BCUT2D eigenvalue weighted by Gasteiger charge is 2.17. The molecule has 0 saturated heterocycles. The van der Waals surface area contributed by atoms with Crippen molar-refractivity contribution in [2.75, 3.05) is 9.80 Å². The van der Waals surface area contributed by atoms with Crippen LogP contribution < -0.4 is 9.80 Å². The van der Waals surface area contributed by atoms with Gasteiger partial charge in [0.05, 0.1) is 0 Å². The van der Waals surface area contributed by atoms with Gasteiger partial charge in [0.2, 0.25) is 0 Å². The molecule has 0 spiro atoms. The van der Waals surface area contributed by atoms with Gasteiger partial charge in [-0.15, -0.1) is 0 Å². The number of aryl methyl sites for hydroxylation is 2. The summed E-state index contributed by atoms with van der Waals surface area (Å²) in [6.45, 7) is 4.33. The van der Waals surface area contributed by atoms with Crippen LogP contribution in [-0.4, -0.2) is 0 Å². The first-order chi connectivity index (χ1) is 38.5. The number of fused-ring (bicyclic) bond motifs is 3. The second kappa shape index (κ2) is 20.9. The lowest BCUT2D eigenvalue weighted by Crippen LogP contribution is -2.10. The van der Waals surface area contributed by atoms with Crippen LogP contribution in [0.4, 0.5) is 34.1 Å². The molecule has 370 valence electrons. The summed E-state index contributed by atoms with van der Waals surface area (Å²) in [6.07, 6.45) is 0. The maximum absolute atomic E-state index is 2.36. The standard InChI is InChI=1S/C76H56N2/c1-53-49-54(2)51-66(50-53)63-23-21-57(22-24-63)60-29-41-69(42-30-60)77(67-37-25-58(26-38-67)55-13-5-3-6-14-55)70-43-31-61(32-44-70)62-33-45-71(46-34-62)78(68-39-27-59(28-40-68)56-15-7-4-8-16-56)72-47-35-64(36-48-72)76-52-65-17-9-10-18-73(65)74-19-11-12-20-75(74)76/h3-52H,1-2H3. The molecule has 13 rings (SSSR count). The average molecular weight is 997 g/mol. The summed E-state index contributed by atoms with van der Waals surface area (Å²) >= 11 is 0. The van der Waals surface area contributed by atoms with Crippen molar-refractivity contribution in [3.05, 3.63) is 314 Å². The minimum atomic E-state index is 1.08. The largest absolute Gasteiger partial charge is 0.311 e. The Labute approximate surface area is 458 Å². The molecule has 0 aliphatic rings. The van der Waals surface area contributed by atoms with Crippen LogP contribution in [0, 0.1) is 13.8 Å². The molecule has 0 bridgehead atoms. The molecule has 0 amide bonds. The maximum atomic E-state index is 2.36. The summed E-state index contributed by atoms with van der Waals surface area (Å²) in [5.41, 5.74) is 23.4. The van der Waals surface area contributed by atoms with Gasteiger partial charge in [0.25, 0.3) is 0 Å². The third kappa shape index (κ3) is 9.64. The molecule has 13 aromatic rings. The number of anilines is 6. The first-order valence-electron chi connectivity index (χ1n) is 26.9. The highest BCUT2D eigenvalue weighted by atomic mass is 15.1. The number of benzene rings is 13. The number of hydrogen-bond donors (Lipinski definition) is 0. The van der Waals surface area contributed by atoms with Crippen molar-refractivity contribution >= 4 is 55.7 Å². The molecule has 0 radical (unpaired) electrons. The Balaban J connectivity index is 0.812. The first-order valence-corrected chi connectivity index (χ1v) is 26.9. The highest BCUT2D eigenvalue weighted by molar-refractivity contribution is 6.13. The minimum absolute atomic E-state index is 1.08. The Morgan fingerprint density at radius 2 is 0.462 bits per heavy atom. The quantitative estimate of drug-likeness (QED) is 0.113. The van der Waals surface area contributed by atoms with E-state index in [1.807, 2.05) is 0 Å². The van der Waals surface area contributed by atoms with E-state index in [-0.39, 0.29) is 0 Å². The molecule has 2 heteroatoms. The zero-order valence-corrected chi connectivity index (χ0v) is 43.8. The van der Waals surface area contributed by atoms with E-state index in [0.29, 0.717) is 0 Å². The summed E-state index contributed by atoms with van der Waals surface area (Å²) in [4.78, 5) is 4.71. The van der Waals surface area contributed by atoms with E-state index in [1.54, 1.807) is 0 Å². The van der Waals surface area contributed by atoms with Crippen molar-refractivity contribution in [3.8, 4) is 66.8 Å². The van der Waals surface area contributed by atoms with E-state index in [0.717, 1.165) is 45.3 Å². The molecular formula is C76H56N2. The molecule has 0 N–H and O–H groups in total. The van der Waals surface area contributed by atoms with Gasteiger partial charge in [-0.25, -0.2) is 0 Å². The lowest BCUT2D eigenvalue weighted by molar-refractivity contribution is 1.28. The minimum Gasteiger partial charge on any atom is -0.311 e. The predicted octanol–water partition coefficient (Wildman–Crippen LogP) is 21.6. The SMILES string of the molecule is Cc1cc(C)cc(-c2ccc(-c3ccc(N(c4ccc(-c5ccccc5)cc4)c4ccc(-c5ccc(N(c6ccc(-c7ccccc7)cc6)c6ccc(-c7cc8ccccc8c8ccccc78)cc6)cc5)cc4)cc3)cc2)c1. The van der Waals surface area contributed by atoms with Crippen molar-refractivity contribution < 1.29 is 0 Å². The Hall–Kier alpha value is -10.0. The Morgan fingerprint density at radius 3 is 0.833 bits per heavy atom. The van der Waals surface area contributed by atoms with Gasteiger partial charge in [-0.1, -0.05) is 236 Å². The second-order valence-electron chi connectivity index (χ2n) is 20.3. The molecule has 0 aromatic heterocycles. The fraction of sp³-hybridized carbons (Fsp3) is 0.0263. The van der Waals surface area contributed by atoms with Gasteiger partial charge in [-0.05, 0) is 181 Å². The van der Waals surface area contributed by atoms with E-state index in [2.05, 4.69) is 327 Å². The van der Waals surface area contributed by atoms with Crippen LogP contribution in [-0.2, 0) is 0 Å². The van der Waals surface area contributed by atoms with E-state index in [1.165, 1.54) is 88.3 Å². The molecular weight excluding hydrogens is 941 g/mol. The van der Waals surface area contributed by atoms with Gasteiger partial charge in [-0.3, -0.25) is 0 Å². The third-order valence-electron chi connectivity index (χ3n) is 15.2. The van der Waals surface area contributed by atoms with Gasteiger partial charge < -0.3 is 9.80 Å². The highest BCUT2D eigenvalue weighted by Crippen LogP contribution is 2.42. The molecule has 0 aliphatic carbocycles. The average Bonchev–Trinajstić information content (AvgIpc) is 3.52. The molecule has 0 fully saturated rings. The van der Waals surface area contributed by atoms with Gasteiger partial charge in [0.1, 0.15) is 0 Å². The third-order valence-corrected chi connectivity index (χ3v) is 15.2. The Kier molecular flexibility index (Phi) is 12.8. The molecule has 0 atom stereocenters. The van der Waals surface area contributed by atoms with Crippen LogP contribution in [0.15, 0.2) is 303 Å². The van der Waals surface area contributed by atoms with E-state index >= 15 is 0 Å². The Morgan fingerprint density at radius 1 is 0.192 bits per heavy atom. The normalized spacial score (nSPS) is 11.2. The van der Waals surface area contributed by atoms with Crippen molar-refractivity contribution in [3.63, 3.8) is 0 Å². The molecule has 0 heterocycles. The topological polar surface area (TPSA) is 6.48 Å². The first kappa shape index (κ1) is 47.7. The van der Waals surface area contributed by atoms with Crippen LogP contribution >= 0.6 is 0 Å². The zero-order chi connectivity index (χ0) is 52.4. The van der Waals surface area contributed by atoms with Crippen molar-refractivity contribution in [1.29, 1.82) is 0 Å². The monoisotopic (exact) mass is 996 g/mol. The lowest BCUT2D eigenvalue weighted by Gasteiger charge is -2.27. The molecule has 0 saturated carbocycles. The molecule has 0 aliphatic heterocycles. The zero-order valence-electron chi connectivity index (χ0n) is 43.8. The molecule has 0 unspecified atom stereocenters. The summed E-state index contributed by atoms with van der Waals surface area (Å²) in [7, 11) is 0. The van der Waals surface area contributed by atoms with Crippen molar-refractivity contribution in [2.45, 2.75) is 13.8 Å². The van der Waals surface area contributed by atoms with E-state index < -0.39 is 0 Å². The number of hydrogen-bond acceptors (Lipinski definition) is 2. The molecule has 78 heavy (non-hydrogen) atoms. The predicted molar refractivity (Wildman–Crippen MR) is 333 cm³/mol. The molecule has 2 nitrogen and oxygen atoms in total. The van der Waals surface area contributed by atoms with Gasteiger partial charge in [-0.2, -0.15) is 0 Å². The van der Waals surface area contributed by atoms with Crippen LogP contribution in [0.2, 0.25) is 0 Å². The van der Waals surface area contributed by atoms with Gasteiger partial charge >= 0.3 is 0 Å². The summed E-state index contributed by atoms with van der Waals surface area (Å²) in [5.74, 6) is 0. The van der Waals surface area contributed by atoms with Crippen molar-refractivity contribution in [1.82, 2.24) is 0 Å². The van der Waals surface area contributed by atoms with Crippen molar-refractivity contribution in [2.24, 2.45) is 0 Å². The summed E-state index contributed by atoms with van der Waals surface area (Å²) in [5, 5.41) is 5.05. The van der Waals surface area contributed by atoms with Crippen LogP contribution in [0.5, 0.6) is 0 Å². The fourth-order valence-electron chi connectivity index (χ4n) is 11.3. The van der Waals surface area contributed by atoms with Crippen LogP contribution in [0.1, 0.15) is 11.1 Å². The van der Waals surface area contributed by atoms with Crippen LogP contribution in [0.3, 0.4) is 0 Å². The lowest BCUT2D eigenvalue weighted by atomic mass is 9.93. The Bertz CT molecular complexity index is 4170. The fourth-order valence-corrected chi connectivity index (χ4v) is 11.3. The smallest absolute Gasteiger partial charge is 0.0462 e. The van der Waals surface area contributed by atoms with E-state index in [4.69, 9.17) is 0 Å².